The van der Waals surface area contributed by atoms with E-state index in [9.17, 15) is 0 Å². The number of likely N-dealkylation sites (N-methyl/N-ethyl adjacent to an activating group) is 1. The van der Waals surface area contributed by atoms with Crippen molar-refractivity contribution in [2.24, 2.45) is 0 Å². The lowest BCUT2D eigenvalue weighted by molar-refractivity contribution is 0.145. The Morgan fingerprint density at radius 3 is 2.41 bits per heavy atom. The molecule has 96 valence electrons. The second kappa shape index (κ2) is 4.78. The highest BCUT2D eigenvalue weighted by Gasteiger charge is 2.21. The first-order chi connectivity index (χ1) is 7.95. The zero-order chi connectivity index (χ0) is 12.5. The van der Waals surface area contributed by atoms with Crippen LogP contribution in [0.1, 0.15) is 32.2 Å². The van der Waals surface area contributed by atoms with Crippen molar-refractivity contribution in [1.29, 1.82) is 0 Å². The van der Waals surface area contributed by atoms with Gasteiger partial charge in [0.1, 0.15) is 5.76 Å². The van der Waals surface area contributed by atoms with E-state index >= 15 is 0 Å². The van der Waals surface area contributed by atoms with Gasteiger partial charge in [0, 0.05) is 44.2 Å². The molecule has 1 aliphatic heterocycles. The van der Waals surface area contributed by atoms with Crippen LogP contribution < -0.4 is 0 Å². The Balaban J connectivity index is 1.93. The van der Waals surface area contributed by atoms with Crippen molar-refractivity contribution in [2.75, 3.05) is 33.2 Å². The van der Waals surface area contributed by atoms with E-state index in [1.165, 1.54) is 0 Å². The van der Waals surface area contributed by atoms with Crippen LogP contribution in [0.4, 0.5) is 0 Å². The number of rotatable bonds is 2. The summed E-state index contributed by atoms with van der Waals surface area (Å²) in [5, 5.41) is 4.17. The van der Waals surface area contributed by atoms with Crippen LogP contribution in [0.2, 0.25) is 0 Å². The van der Waals surface area contributed by atoms with Gasteiger partial charge in [0.25, 0.3) is 0 Å². The zero-order valence-corrected chi connectivity index (χ0v) is 11.4. The Hall–Kier alpha value is -0.870. The Kier molecular flexibility index (Phi) is 3.54. The van der Waals surface area contributed by atoms with Gasteiger partial charge in [-0.1, -0.05) is 25.9 Å². The molecule has 0 aliphatic carbocycles. The lowest BCUT2D eigenvalue weighted by Crippen LogP contribution is -2.43. The average molecular weight is 237 g/mol. The van der Waals surface area contributed by atoms with Crippen molar-refractivity contribution >= 4 is 0 Å². The van der Waals surface area contributed by atoms with E-state index in [0.29, 0.717) is 0 Å². The van der Waals surface area contributed by atoms with E-state index in [1.807, 2.05) is 0 Å². The molecule has 1 aromatic heterocycles. The van der Waals surface area contributed by atoms with Crippen molar-refractivity contribution in [3.05, 3.63) is 17.5 Å². The predicted octanol–water partition coefficient (Wildman–Crippen LogP) is 1.72. The lowest BCUT2D eigenvalue weighted by Gasteiger charge is -2.31. The fourth-order valence-corrected chi connectivity index (χ4v) is 1.97. The molecule has 2 rings (SSSR count). The maximum Gasteiger partial charge on any atom is 0.142 e. The molecular formula is C13H23N3O. The van der Waals surface area contributed by atoms with Crippen LogP contribution in [0.25, 0.3) is 0 Å². The monoisotopic (exact) mass is 237 g/mol. The van der Waals surface area contributed by atoms with Crippen LogP contribution in [0.5, 0.6) is 0 Å². The predicted molar refractivity (Wildman–Crippen MR) is 68.0 cm³/mol. The largest absolute Gasteiger partial charge is 0.361 e. The number of piperazine rings is 1. The summed E-state index contributed by atoms with van der Waals surface area (Å²) in [4.78, 5) is 4.80. The van der Waals surface area contributed by atoms with E-state index < -0.39 is 0 Å². The van der Waals surface area contributed by atoms with Crippen molar-refractivity contribution in [2.45, 2.75) is 32.7 Å². The van der Waals surface area contributed by atoms with Gasteiger partial charge in [-0.3, -0.25) is 4.90 Å². The first-order valence-corrected chi connectivity index (χ1v) is 6.32. The van der Waals surface area contributed by atoms with Crippen LogP contribution in [-0.2, 0) is 12.0 Å². The first kappa shape index (κ1) is 12.6. The quantitative estimate of drug-likeness (QED) is 0.784. The Morgan fingerprint density at radius 1 is 1.24 bits per heavy atom. The summed E-state index contributed by atoms with van der Waals surface area (Å²) in [6.45, 7) is 11.9. The minimum atomic E-state index is 0.0490. The fourth-order valence-electron chi connectivity index (χ4n) is 1.97. The van der Waals surface area contributed by atoms with E-state index in [1.54, 1.807) is 0 Å². The molecule has 2 heterocycles. The molecule has 0 unspecified atom stereocenters. The highest BCUT2D eigenvalue weighted by atomic mass is 16.5. The molecule has 1 aromatic rings. The molecule has 0 N–H and O–H groups in total. The van der Waals surface area contributed by atoms with Gasteiger partial charge in [0.05, 0.1) is 5.69 Å². The number of nitrogens with zero attached hydrogens (tertiary/aromatic N) is 3. The number of aromatic nitrogens is 1. The standard InChI is InChI=1S/C13H23N3O/c1-13(2,3)12-9-11(14-17-12)10-16-7-5-15(4)6-8-16/h9H,5-8,10H2,1-4H3. The Morgan fingerprint density at radius 2 is 1.88 bits per heavy atom. The van der Waals surface area contributed by atoms with E-state index in [4.69, 9.17) is 4.52 Å². The smallest absolute Gasteiger partial charge is 0.142 e. The summed E-state index contributed by atoms with van der Waals surface area (Å²) in [5.41, 5.74) is 1.10. The number of hydrogen-bond donors (Lipinski definition) is 0. The van der Waals surface area contributed by atoms with Crippen molar-refractivity contribution in [3.8, 4) is 0 Å². The van der Waals surface area contributed by atoms with Gasteiger partial charge in [0.15, 0.2) is 0 Å². The molecule has 0 amide bonds. The van der Waals surface area contributed by atoms with Gasteiger partial charge in [-0.15, -0.1) is 0 Å². The summed E-state index contributed by atoms with van der Waals surface area (Å²) in [6.07, 6.45) is 0. The molecule has 0 atom stereocenters. The first-order valence-electron chi connectivity index (χ1n) is 6.32. The molecule has 4 nitrogen and oxygen atoms in total. The second-order valence-electron chi connectivity index (χ2n) is 6.01. The highest BCUT2D eigenvalue weighted by molar-refractivity contribution is 5.13. The van der Waals surface area contributed by atoms with Crippen molar-refractivity contribution < 1.29 is 4.52 Å². The molecule has 0 saturated carbocycles. The molecule has 4 heteroatoms. The molecule has 1 saturated heterocycles. The topological polar surface area (TPSA) is 32.5 Å². The molecule has 1 aliphatic rings. The van der Waals surface area contributed by atoms with E-state index in [0.717, 1.165) is 44.2 Å². The normalized spacial score (nSPS) is 19.8. The summed E-state index contributed by atoms with van der Waals surface area (Å²) in [7, 11) is 2.17. The van der Waals surface area contributed by atoms with Crippen molar-refractivity contribution in [3.63, 3.8) is 0 Å². The molecule has 0 aromatic carbocycles. The van der Waals surface area contributed by atoms with Crippen LogP contribution in [-0.4, -0.2) is 48.2 Å². The molecule has 0 spiro atoms. The highest BCUT2D eigenvalue weighted by Crippen LogP contribution is 2.23. The van der Waals surface area contributed by atoms with Gasteiger partial charge in [0.2, 0.25) is 0 Å². The molecule has 17 heavy (non-hydrogen) atoms. The SMILES string of the molecule is CN1CCN(Cc2cc(C(C)(C)C)on2)CC1. The molecule has 0 radical (unpaired) electrons. The van der Waals surface area contributed by atoms with Crippen LogP contribution >= 0.6 is 0 Å². The summed E-state index contributed by atoms with van der Waals surface area (Å²) in [5.74, 6) is 0.974. The van der Waals surface area contributed by atoms with Gasteiger partial charge in [-0.25, -0.2) is 0 Å². The molecule has 0 bridgehead atoms. The molecular weight excluding hydrogens is 214 g/mol. The third-order valence-electron chi connectivity index (χ3n) is 3.28. The van der Waals surface area contributed by atoms with Crippen LogP contribution in [0, 0.1) is 0 Å². The zero-order valence-electron chi connectivity index (χ0n) is 11.4. The summed E-state index contributed by atoms with van der Waals surface area (Å²) < 4.78 is 5.40. The van der Waals surface area contributed by atoms with Crippen LogP contribution in [0.3, 0.4) is 0 Å². The van der Waals surface area contributed by atoms with Gasteiger partial charge in [-0.2, -0.15) is 0 Å². The lowest BCUT2D eigenvalue weighted by atomic mass is 9.93. The van der Waals surface area contributed by atoms with E-state index in [-0.39, 0.29) is 5.41 Å². The third kappa shape index (κ3) is 3.30. The number of hydrogen-bond acceptors (Lipinski definition) is 4. The van der Waals surface area contributed by atoms with Gasteiger partial charge >= 0.3 is 0 Å². The van der Waals surface area contributed by atoms with Crippen LogP contribution in [0.15, 0.2) is 10.6 Å². The summed E-state index contributed by atoms with van der Waals surface area (Å²) in [6, 6.07) is 2.10. The summed E-state index contributed by atoms with van der Waals surface area (Å²) >= 11 is 0. The Labute approximate surface area is 104 Å². The maximum atomic E-state index is 5.40. The van der Waals surface area contributed by atoms with Gasteiger partial charge < -0.3 is 9.42 Å². The van der Waals surface area contributed by atoms with E-state index in [2.05, 4.69) is 48.8 Å². The molecule has 1 fully saturated rings. The second-order valence-corrected chi connectivity index (χ2v) is 6.01. The minimum absolute atomic E-state index is 0.0490. The fraction of sp³-hybridized carbons (Fsp3) is 0.769. The minimum Gasteiger partial charge on any atom is -0.361 e. The van der Waals surface area contributed by atoms with Crippen molar-refractivity contribution in [1.82, 2.24) is 15.0 Å². The maximum absolute atomic E-state index is 5.40. The third-order valence-corrected chi connectivity index (χ3v) is 3.28. The average Bonchev–Trinajstić information content (AvgIpc) is 2.69. The van der Waals surface area contributed by atoms with Gasteiger partial charge in [-0.05, 0) is 7.05 Å². The Bertz CT molecular complexity index is 359.